The smallest absolute Gasteiger partial charge is 0.407 e. The first-order valence-corrected chi connectivity index (χ1v) is 9.61. The number of nitrogens with one attached hydrogen (secondary N) is 1. The van der Waals surface area contributed by atoms with E-state index < -0.39 is 30.3 Å². The zero-order valence-electron chi connectivity index (χ0n) is 19.2. The quantitative estimate of drug-likeness (QED) is 0.661. The topological polar surface area (TPSA) is 124 Å². The number of hydrogen-bond acceptors (Lipinski definition) is 7. The number of nitriles is 1. The molecule has 1 aliphatic rings. The molecule has 2 atom stereocenters. The fourth-order valence-electron chi connectivity index (χ4n) is 3.49. The average molecular weight is 412 g/mol. The maximum Gasteiger partial charge on any atom is 0.407 e. The molecule has 0 bridgehead atoms. The SMILES string of the molecule is [2H]C([2H])(O)[C@@H]1C[C@H](NC(=O)OC(C)(C)C)CN1c1cc(-c2cnccc2C#N)ccc1N. The first-order valence-electron chi connectivity index (χ1n) is 10.6. The van der Waals surface area contributed by atoms with Crippen molar-refractivity contribution in [1.29, 1.82) is 5.26 Å². The molecule has 2 aromatic rings. The molecule has 1 aliphatic heterocycles. The van der Waals surface area contributed by atoms with Crippen LogP contribution >= 0.6 is 0 Å². The molecule has 4 N–H and O–H groups in total. The Kier molecular flexibility index (Phi) is 5.36. The number of carbonyl (C=O) groups excluding carboxylic acids is 1. The number of pyridine rings is 1. The molecule has 1 amide bonds. The van der Waals surface area contributed by atoms with Gasteiger partial charge in [-0.25, -0.2) is 4.79 Å². The molecule has 0 saturated carbocycles. The minimum atomic E-state index is -2.54. The maximum atomic E-state index is 12.2. The molecule has 3 rings (SSSR count). The van der Waals surface area contributed by atoms with E-state index in [-0.39, 0.29) is 13.0 Å². The van der Waals surface area contributed by atoms with Crippen molar-refractivity contribution in [2.75, 3.05) is 23.7 Å². The number of aliphatic hydroxyl groups is 1. The highest BCUT2D eigenvalue weighted by Crippen LogP contribution is 2.35. The fraction of sp³-hybridized carbons (Fsp3) is 0.409. The van der Waals surface area contributed by atoms with E-state index in [1.54, 1.807) is 56.1 Å². The van der Waals surface area contributed by atoms with Crippen LogP contribution in [0.2, 0.25) is 0 Å². The summed E-state index contributed by atoms with van der Waals surface area (Å²) < 4.78 is 21.1. The lowest BCUT2D eigenvalue weighted by Gasteiger charge is -2.27. The van der Waals surface area contributed by atoms with E-state index in [1.165, 1.54) is 6.20 Å². The van der Waals surface area contributed by atoms with Gasteiger partial charge in [-0.05, 0) is 51.0 Å². The summed E-state index contributed by atoms with van der Waals surface area (Å²) in [4.78, 5) is 18.0. The summed E-state index contributed by atoms with van der Waals surface area (Å²) in [5.41, 5.74) is 8.15. The number of ether oxygens (including phenoxy) is 1. The normalized spacial score (nSPS) is 20.2. The Morgan fingerprint density at radius 2 is 2.27 bits per heavy atom. The van der Waals surface area contributed by atoms with Gasteiger partial charge in [-0.1, -0.05) is 6.07 Å². The Hall–Kier alpha value is -3.31. The molecule has 0 radical (unpaired) electrons. The van der Waals surface area contributed by atoms with Crippen LogP contribution in [0.5, 0.6) is 0 Å². The Balaban J connectivity index is 1.94. The predicted octanol–water partition coefficient (Wildman–Crippen LogP) is 2.67. The van der Waals surface area contributed by atoms with Crippen LogP contribution in [0.25, 0.3) is 11.1 Å². The van der Waals surface area contributed by atoms with E-state index in [2.05, 4.69) is 16.4 Å². The number of alkyl carbamates (subject to hydrolysis) is 1. The second-order valence-corrected chi connectivity index (χ2v) is 8.18. The molecule has 158 valence electrons. The second kappa shape index (κ2) is 8.59. The van der Waals surface area contributed by atoms with Gasteiger partial charge in [0.1, 0.15) is 5.60 Å². The van der Waals surface area contributed by atoms with E-state index in [0.717, 1.165) is 0 Å². The summed E-state index contributed by atoms with van der Waals surface area (Å²) in [6, 6.07) is 7.48. The standard InChI is InChI=1S/C22H27N5O3/c1-22(2,3)30-21(29)26-16-9-17(13-28)27(12-16)20-8-14(4-5-19(20)24)18-11-25-7-6-15(18)10-23/h4-8,11,16-17,28H,9,12-13,24H2,1-3H3,(H,26,29)/t16-,17-/m0/s1/i13D2. The molecule has 2 heterocycles. The summed E-state index contributed by atoms with van der Waals surface area (Å²) in [7, 11) is 0. The number of nitrogen functional groups attached to an aromatic ring is 1. The minimum Gasteiger partial charge on any atom is -0.444 e. The van der Waals surface area contributed by atoms with Crippen molar-refractivity contribution in [2.45, 2.75) is 44.9 Å². The maximum absolute atomic E-state index is 12.2. The van der Waals surface area contributed by atoms with Crippen LogP contribution in [0.3, 0.4) is 0 Å². The number of benzene rings is 1. The monoisotopic (exact) mass is 411 g/mol. The van der Waals surface area contributed by atoms with Gasteiger partial charge in [0.05, 0.1) is 44.4 Å². The highest BCUT2D eigenvalue weighted by molar-refractivity contribution is 5.79. The third kappa shape index (κ3) is 4.81. The van der Waals surface area contributed by atoms with Gasteiger partial charge in [0, 0.05) is 24.5 Å². The number of aromatic nitrogens is 1. The average Bonchev–Trinajstić information content (AvgIpc) is 3.10. The predicted molar refractivity (Wildman–Crippen MR) is 115 cm³/mol. The summed E-state index contributed by atoms with van der Waals surface area (Å²) in [6.45, 7) is 2.93. The number of carbonyl (C=O) groups is 1. The van der Waals surface area contributed by atoms with Crippen molar-refractivity contribution >= 4 is 17.5 Å². The molecule has 8 heteroatoms. The number of rotatable bonds is 4. The Bertz CT molecular complexity index is 1040. The lowest BCUT2D eigenvalue weighted by atomic mass is 10.0. The first-order chi connectivity index (χ1) is 14.9. The molecule has 8 nitrogen and oxygen atoms in total. The van der Waals surface area contributed by atoms with E-state index >= 15 is 0 Å². The fourth-order valence-corrected chi connectivity index (χ4v) is 3.49. The van der Waals surface area contributed by atoms with Gasteiger partial charge in [-0.3, -0.25) is 4.98 Å². The zero-order chi connectivity index (χ0) is 23.7. The van der Waals surface area contributed by atoms with Crippen molar-refractivity contribution in [2.24, 2.45) is 0 Å². The summed E-state index contributed by atoms with van der Waals surface area (Å²) in [5, 5.41) is 22.4. The van der Waals surface area contributed by atoms with Gasteiger partial charge in [0.15, 0.2) is 0 Å². The zero-order valence-corrected chi connectivity index (χ0v) is 17.2. The Morgan fingerprint density at radius 3 is 2.93 bits per heavy atom. The molecule has 30 heavy (non-hydrogen) atoms. The third-order valence-electron chi connectivity index (χ3n) is 4.76. The van der Waals surface area contributed by atoms with Gasteiger partial charge < -0.3 is 25.8 Å². The highest BCUT2D eigenvalue weighted by atomic mass is 16.6. The molecule has 1 aromatic carbocycles. The Morgan fingerprint density at radius 1 is 1.50 bits per heavy atom. The van der Waals surface area contributed by atoms with E-state index in [1.807, 2.05) is 0 Å². The molecule has 0 unspecified atom stereocenters. The van der Waals surface area contributed by atoms with Gasteiger partial charge >= 0.3 is 6.09 Å². The van der Waals surface area contributed by atoms with E-state index in [0.29, 0.717) is 28.1 Å². The Labute approximate surface area is 179 Å². The van der Waals surface area contributed by atoms with Crippen LogP contribution in [-0.2, 0) is 4.74 Å². The van der Waals surface area contributed by atoms with E-state index in [4.69, 9.17) is 13.2 Å². The van der Waals surface area contributed by atoms with E-state index in [9.17, 15) is 15.2 Å². The summed E-state index contributed by atoms with van der Waals surface area (Å²) in [6.07, 6.45) is 2.65. The number of amides is 1. The number of nitrogens with zero attached hydrogens (tertiary/aromatic N) is 3. The summed E-state index contributed by atoms with van der Waals surface area (Å²) in [5.74, 6) is 0. The van der Waals surface area contributed by atoms with Crippen molar-refractivity contribution in [3.8, 4) is 17.2 Å². The number of hydrogen-bond donors (Lipinski definition) is 3. The van der Waals surface area contributed by atoms with Crippen LogP contribution < -0.4 is 16.0 Å². The number of anilines is 2. The van der Waals surface area contributed by atoms with Gasteiger partial charge in [-0.2, -0.15) is 5.26 Å². The molecule has 1 fully saturated rings. The molecule has 1 saturated heterocycles. The second-order valence-electron chi connectivity index (χ2n) is 8.18. The third-order valence-corrected chi connectivity index (χ3v) is 4.76. The van der Waals surface area contributed by atoms with Crippen molar-refractivity contribution in [3.05, 3.63) is 42.2 Å². The van der Waals surface area contributed by atoms with Gasteiger partial charge in [0.2, 0.25) is 0 Å². The van der Waals surface area contributed by atoms with Gasteiger partial charge in [0.25, 0.3) is 0 Å². The van der Waals surface area contributed by atoms with Crippen LogP contribution in [0.15, 0.2) is 36.7 Å². The van der Waals surface area contributed by atoms with Crippen LogP contribution in [0.1, 0.15) is 35.5 Å². The van der Waals surface area contributed by atoms with Crippen LogP contribution in [-0.4, -0.2) is 47.0 Å². The lowest BCUT2D eigenvalue weighted by Crippen LogP contribution is -2.40. The molecule has 0 aliphatic carbocycles. The number of nitrogens with two attached hydrogens (primary N) is 1. The molecule has 0 spiro atoms. The first kappa shape index (κ1) is 18.7. The van der Waals surface area contributed by atoms with Crippen molar-refractivity contribution in [1.82, 2.24) is 10.3 Å². The largest absolute Gasteiger partial charge is 0.444 e. The minimum absolute atomic E-state index is 0.156. The van der Waals surface area contributed by atoms with Crippen LogP contribution in [0, 0.1) is 11.3 Å². The lowest BCUT2D eigenvalue weighted by molar-refractivity contribution is 0.0507. The van der Waals surface area contributed by atoms with Crippen molar-refractivity contribution in [3.63, 3.8) is 0 Å². The van der Waals surface area contributed by atoms with Crippen LogP contribution in [0.4, 0.5) is 16.2 Å². The molecular weight excluding hydrogens is 382 g/mol. The highest BCUT2D eigenvalue weighted by Gasteiger charge is 2.34. The van der Waals surface area contributed by atoms with Gasteiger partial charge in [-0.15, -0.1) is 0 Å². The molecular formula is C22H27N5O3. The summed E-state index contributed by atoms with van der Waals surface area (Å²) >= 11 is 0. The molecule has 1 aromatic heterocycles. The van der Waals surface area contributed by atoms with Crippen molar-refractivity contribution < 1.29 is 17.4 Å².